The van der Waals surface area contributed by atoms with Gasteiger partial charge in [0, 0.05) is 24.7 Å². The minimum atomic E-state index is 0.459. The first-order valence-corrected chi connectivity index (χ1v) is 6.78. The van der Waals surface area contributed by atoms with E-state index in [0.717, 1.165) is 31.0 Å². The molecule has 0 N–H and O–H groups in total. The summed E-state index contributed by atoms with van der Waals surface area (Å²) in [7, 11) is 0. The Hall–Kier alpha value is -1.13. The number of pyridine rings is 1. The number of fused-ring (bicyclic) bond motifs is 1. The van der Waals surface area contributed by atoms with Gasteiger partial charge in [0.25, 0.3) is 0 Å². The van der Waals surface area contributed by atoms with Gasteiger partial charge < -0.3 is 4.90 Å². The fourth-order valence-corrected chi connectivity index (χ4v) is 2.85. The Morgan fingerprint density at radius 2 is 2.22 bits per heavy atom. The topological polar surface area (TPSA) is 33.4 Å². The summed E-state index contributed by atoms with van der Waals surface area (Å²) in [6.45, 7) is 6.67. The van der Waals surface area contributed by atoms with Gasteiger partial charge in [-0.2, -0.15) is 0 Å². The monoisotopic (exact) mass is 264 g/mol. The second kappa shape index (κ2) is 4.52. The molecule has 5 heteroatoms. The number of hydrogen-bond acceptors (Lipinski definition) is 3. The number of halogens is 1. The SMILES string of the molecule is CC(C)N1CCC(c2nnc3c(Cl)cccn23)C1. The molecule has 2 aromatic rings. The van der Waals surface area contributed by atoms with Gasteiger partial charge >= 0.3 is 0 Å². The molecule has 96 valence electrons. The summed E-state index contributed by atoms with van der Waals surface area (Å²) < 4.78 is 2.02. The predicted molar refractivity (Wildman–Crippen MR) is 72.1 cm³/mol. The molecular weight excluding hydrogens is 248 g/mol. The van der Waals surface area contributed by atoms with Crippen molar-refractivity contribution in [3.63, 3.8) is 0 Å². The molecule has 2 aromatic heterocycles. The molecule has 0 aliphatic carbocycles. The average molecular weight is 265 g/mol. The maximum absolute atomic E-state index is 6.12. The average Bonchev–Trinajstić information content (AvgIpc) is 2.94. The van der Waals surface area contributed by atoms with Crippen LogP contribution in [0.4, 0.5) is 0 Å². The van der Waals surface area contributed by atoms with E-state index in [9.17, 15) is 0 Å². The summed E-state index contributed by atoms with van der Waals surface area (Å²) in [5.74, 6) is 1.50. The second-order valence-electron chi connectivity index (χ2n) is 5.18. The van der Waals surface area contributed by atoms with Crippen molar-refractivity contribution in [2.24, 2.45) is 0 Å². The second-order valence-corrected chi connectivity index (χ2v) is 5.59. The standard InChI is InChI=1S/C13H17ClN4/c1-9(2)17-7-5-10(8-17)12-15-16-13-11(14)4-3-6-18(12)13/h3-4,6,9-10H,5,7-8H2,1-2H3. The smallest absolute Gasteiger partial charge is 0.179 e. The summed E-state index contributed by atoms with van der Waals surface area (Å²) in [6, 6.07) is 4.39. The Kier molecular flexibility index (Phi) is 2.99. The zero-order chi connectivity index (χ0) is 12.7. The Morgan fingerprint density at radius 1 is 1.39 bits per heavy atom. The third-order valence-corrected chi connectivity index (χ3v) is 4.02. The van der Waals surface area contributed by atoms with Crippen molar-refractivity contribution in [1.29, 1.82) is 0 Å². The van der Waals surface area contributed by atoms with Crippen LogP contribution in [0.5, 0.6) is 0 Å². The van der Waals surface area contributed by atoms with E-state index in [2.05, 4.69) is 28.9 Å². The van der Waals surface area contributed by atoms with Gasteiger partial charge in [-0.3, -0.25) is 4.40 Å². The molecule has 0 radical (unpaired) electrons. The normalized spacial score (nSPS) is 21.2. The van der Waals surface area contributed by atoms with E-state index >= 15 is 0 Å². The molecule has 0 saturated carbocycles. The highest BCUT2D eigenvalue weighted by Crippen LogP contribution is 2.28. The Labute approximate surface area is 112 Å². The molecule has 0 spiro atoms. The molecule has 1 saturated heterocycles. The molecular formula is C13H17ClN4. The van der Waals surface area contributed by atoms with Crippen LogP contribution in [0.1, 0.15) is 32.0 Å². The van der Waals surface area contributed by atoms with Crippen LogP contribution >= 0.6 is 11.6 Å². The number of aromatic nitrogens is 3. The molecule has 1 aliphatic rings. The molecule has 1 unspecified atom stereocenters. The maximum Gasteiger partial charge on any atom is 0.179 e. The number of likely N-dealkylation sites (tertiary alicyclic amines) is 1. The summed E-state index contributed by atoms with van der Waals surface area (Å²) in [4.78, 5) is 2.48. The first-order valence-electron chi connectivity index (χ1n) is 6.40. The van der Waals surface area contributed by atoms with Crippen LogP contribution in [0, 0.1) is 0 Å². The quantitative estimate of drug-likeness (QED) is 0.836. The van der Waals surface area contributed by atoms with Crippen molar-refractivity contribution in [2.45, 2.75) is 32.2 Å². The molecule has 1 atom stereocenters. The maximum atomic E-state index is 6.12. The molecule has 1 fully saturated rings. The van der Waals surface area contributed by atoms with Gasteiger partial charge in [-0.15, -0.1) is 10.2 Å². The Bertz CT molecular complexity index is 563. The van der Waals surface area contributed by atoms with Crippen molar-refractivity contribution in [3.05, 3.63) is 29.2 Å². The van der Waals surface area contributed by atoms with E-state index in [1.165, 1.54) is 0 Å². The van der Waals surface area contributed by atoms with Gasteiger partial charge in [-0.25, -0.2) is 0 Å². The highest BCUT2D eigenvalue weighted by atomic mass is 35.5. The summed E-state index contributed by atoms with van der Waals surface area (Å²) in [5.41, 5.74) is 0.761. The van der Waals surface area contributed by atoms with Crippen LogP contribution in [-0.4, -0.2) is 38.6 Å². The summed E-state index contributed by atoms with van der Waals surface area (Å²) >= 11 is 6.12. The van der Waals surface area contributed by atoms with Crippen LogP contribution < -0.4 is 0 Å². The lowest BCUT2D eigenvalue weighted by Gasteiger charge is -2.19. The fourth-order valence-electron chi connectivity index (χ4n) is 2.65. The lowest BCUT2D eigenvalue weighted by atomic mass is 10.1. The van der Waals surface area contributed by atoms with Crippen LogP contribution in [0.25, 0.3) is 5.65 Å². The molecule has 0 amide bonds. The van der Waals surface area contributed by atoms with E-state index in [0.29, 0.717) is 17.0 Å². The number of hydrogen-bond donors (Lipinski definition) is 0. The van der Waals surface area contributed by atoms with Crippen molar-refractivity contribution >= 4 is 17.2 Å². The lowest BCUT2D eigenvalue weighted by Crippen LogP contribution is -2.28. The third kappa shape index (κ3) is 1.89. The largest absolute Gasteiger partial charge is 0.300 e. The van der Waals surface area contributed by atoms with Crippen LogP contribution in [-0.2, 0) is 0 Å². The van der Waals surface area contributed by atoms with E-state index in [-0.39, 0.29) is 0 Å². The Morgan fingerprint density at radius 3 is 2.94 bits per heavy atom. The molecule has 3 rings (SSSR count). The van der Waals surface area contributed by atoms with Gasteiger partial charge in [0.15, 0.2) is 5.65 Å². The molecule has 1 aliphatic heterocycles. The zero-order valence-corrected chi connectivity index (χ0v) is 11.4. The minimum Gasteiger partial charge on any atom is -0.300 e. The highest BCUT2D eigenvalue weighted by molar-refractivity contribution is 6.33. The van der Waals surface area contributed by atoms with E-state index in [4.69, 9.17) is 11.6 Å². The van der Waals surface area contributed by atoms with Crippen LogP contribution in [0.15, 0.2) is 18.3 Å². The molecule has 0 bridgehead atoms. The van der Waals surface area contributed by atoms with E-state index in [1.54, 1.807) is 0 Å². The van der Waals surface area contributed by atoms with E-state index < -0.39 is 0 Å². The molecule has 4 nitrogen and oxygen atoms in total. The summed E-state index contributed by atoms with van der Waals surface area (Å²) in [6.07, 6.45) is 3.14. The molecule has 18 heavy (non-hydrogen) atoms. The van der Waals surface area contributed by atoms with Gasteiger partial charge in [-0.05, 0) is 38.9 Å². The van der Waals surface area contributed by atoms with Gasteiger partial charge in [0.2, 0.25) is 0 Å². The first-order chi connectivity index (χ1) is 8.66. The van der Waals surface area contributed by atoms with E-state index in [1.807, 2.05) is 22.7 Å². The van der Waals surface area contributed by atoms with Gasteiger partial charge in [0.1, 0.15) is 5.82 Å². The Balaban J connectivity index is 1.94. The van der Waals surface area contributed by atoms with Crippen molar-refractivity contribution in [1.82, 2.24) is 19.5 Å². The van der Waals surface area contributed by atoms with Crippen molar-refractivity contribution in [3.8, 4) is 0 Å². The zero-order valence-electron chi connectivity index (χ0n) is 10.7. The van der Waals surface area contributed by atoms with Crippen molar-refractivity contribution in [2.75, 3.05) is 13.1 Å². The molecule has 3 heterocycles. The lowest BCUT2D eigenvalue weighted by molar-refractivity contribution is 0.271. The molecule has 0 aromatic carbocycles. The first kappa shape index (κ1) is 11.9. The highest BCUT2D eigenvalue weighted by Gasteiger charge is 2.28. The fraction of sp³-hybridized carbons (Fsp3) is 0.538. The summed E-state index contributed by atoms with van der Waals surface area (Å²) in [5, 5.41) is 9.19. The third-order valence-electron chi connectivity index (χ3n) is 3.73. The van der Waals surface area contributed by atoms with Crippen LogP contribution in [0.2, 0.25) is 5.02 Å². The number of rotatable bonds is 2. The predicted octanol–water partition coefficient (Wildman–Crippen LogP) is 2.58. The van der Waals surface area contributed by atoms with Gasteiger partial charge in [-0.1, -0.05) is 11.6 Å². The number of nitrogens with zero attached hydrogens (tertiary/aromatic N) is 4. The van der Waals surface area contributed by atoms with Crippen molar-refractivity contribution < 1.29 is 0 Å². The van der Waals surface area contributed by atoms with Crippen LogP contribution in [0.3, 0.4) is 0 Å². The minimum absolute atomic E-state index is 0.459. The van der Waals surface area contributed by atoms with Gasteiger partial charge in [0.05, 0.1) is 5.02 Å².